The van der Waals surface area contributed by atoms with Gasteiger partial charge in [-0.2, -0.15) is 13.2 Å². The molecule has 0 aliphatic carbocycles. The van der Waals surface area contributed by atoms with Crippen LogP contribution in [-0.4, -0.2) is 36.3 Å². The van der Waals surface area contributed by atoms with Gasteiger partial charge in [-0.15, -0.1) is 11.8 Å². The molecule has 0 saturated heterocycles. The predicted molar refractivity (Wildman–Crippen MR) is 160 cm³/mol. The molecule has 3 heterocycles. The topological polar surface area (TPSA) is 97.4 Å². The number of methoxy groups -OCH3 is 1. The molecule has 1 unspecified atom stereocenters. The maximum atomic E-state index is 14.0. The first-order chi connectivity index (χ1) is 21.1. The van der Waals surface area contributed by atoms with Gasteiger partial charge >= 0.3 is 12.2 Å². The number of nitrogens with one attached hydrogen (secondary N) is 3. The highest BCUT2D eigenvalue weighted by molar-refractivity contribution is 8.00. The molecule has 1 atom stereocenters. The zero-order chi connectivity index (χ0) is 31.3. The minimum atomic E-state index is -4.70. The van der Waals surface area contributed by atoms with Gasteiger partial charge in [0, 0.05) is 51.1 Å². The number of fused-ring (bicyclic) bond motifs is 1. The number of hydrogen-bond donors (Lipinski definition) is 3. The van der Waals surface area contributed by atoms with Crippen LogP contribution in [-0.2, 0) is 23.9 Å². The molecule has 0 spiro atoms. The summed E-state index contributed by atoms with van der Waals surface area (Å²) in [4.78, 5) is 22.5. The maximum Gasteiger partial charge on any atom is 0.416 e. The Kier molecular flexibility index (Phi) is 9.89. The summed E-state index contributed by atoms with van der Waals surface area (Å²) in [6, 6.07) is 11.1. The van der Waals surface area contributed by atoms with Gasteiger partial charge in [-0.3, -0.25) is 9.97 Å². The summed E-state index contributed by atoms with van der Waals surface area (Å²) >= 11 is 7.96. The lowest BCUT2D eigenvalue weighted by Crippen LogP contribution is -2.21. The number of pyridine rings is 2. The molecule has 44 heavy (non-hydrogen) atoms. The number of thioether (sulfide) groups is 1. The summed E-state index contributed by atoms with van der Waals surface area (Å²) in [7, 11) is 1.66. The summed E-state index contributed by atoms with van der Waals surface area (Å²) < 4.78 is 64.1. The van der Waals surface area contributed by atoms with Crippen molar-refractivity contribution in [2.75, 3.05) is 30.9 Å². The number of benzene rings is 2. The lowest BCUT2D eigenvalue weighted by Gasteiger charge is -2.14. The van der Waals surface area contributed by atoms with Gasteiger partial charge in [-0.1, -0.05) is 17.7 Å². The molecule has 2 aromatic carbocycles. The number of rotatable bonds is 10. The van der Waals surface area contributed by atoms with E-state index in [0.717, 1.165) is 28.4 Å². The molecule has 3 N–H and O–H groups in total. The fourth-order valence-electron chi connectivity index (χ4n) is 4.35. The summed E-state index contributed by atoms with van der Waals surface area (Å²) in [6.07, 6.45) is -0.495. The maximum absolute atomic E-state index is 14.0. The average molecular weight is 648 g/mol. The number of carbonyl (C=O) groups is 1. The van der Waals surface area contributed by atoms with Crippen molar-refractivity contribution in [3.63, 3.8) is 0 Å². The van der Waals surface area contributed by atoms with Crippen LogP contribution in [0.1, 0.15) is 27.8 Å². The third-order valence-corrected chi connectivity index (χ3v) is 8.21. The van der Waals surface area contributed by atoms with Crippen molar-refractivity contribution in [1.29, 1.82) is 0 Å². The van der Waals surface area contributed by atoms with Crippen LogP contribution in [0.4, 0.5) is 33.7 Å². The lowest BCUT2D eigenvalue weighted by molar-refractivity contribution is -0.137. The second kappa shape index (κ2) is 13.8. The first-order valence-electron chi connectivity index (χ1n) is 13.3. The molecule has 1 aliphatic heterocycles. The van der Waals surface area contributed by atoms with Crippen molar-refractivity contribution in [2.24, 2.45) is 0 Å². The molecule has 2 aromatic heterocycles. The fraction of sp³-hybridized carbons (Fsp3) is 0.233. The van der Waals surface area contributed by atoms with E-state index in [1.807, 2.05) is 18.3 Å². The summed E-state index contributed by atoms with van der Waals surface area (Å²) in [6.45, 7) is 2.09. The van der Waals surface area contributed by atoms with Crippen LogP contribution >= 0.6 is 23.4 Å². The minimum absolute atomic E-state index is 0.0630. The number of urea groups is 1. The number of amides is 2. The van der Waals surface area contributed by atoms with Gasteiger partial charge in [0.1, 0.15) is 17.3 Å². The van der Waals surface area contributed by atoms with Gasteiger partial charge in [0.2, 0.25) is 0 Å². The quantitative estimate of drug-likeness (QED) is 0.119. The second-order valence-corrected chi connectivity index (χ2v) is 11.3. The van der Waals surface area contributed by atoms with Crippen molar-refractivity contribution in [3.8, 4) is 11.5 Å². The number of ether oxygens (including phenoxy) is 2. The number of aromatic nitrogens is 2. The third kappa shape index (κ3) is 7.78. The van der Waals surface area contributed by atoms with E-state index in [1.165, 1.54) is 12.1 Å². The smallest absolute Gasteiger partial charge is 0.416 e. The summed E-state index contributed by atoms with van der Waals surface area (Å²) in [5.41, 5.74) is 1.30. The number of alkyl halides is 3. The van der Waals surface area contributed by atoms with Crippen molar-refractivity contribution < 1.29 is 31.8 Å². The summed E-state index contributed by atoms with van der Waals surface area (Å²) in [5.74, 6) is -0.0615. The monoisotopic (exact) mass is 647 g/mol. The molecule has 14 heteroatoms. The highest BCUT2D eigenvalue weighted by atomic mass is 35.5. The molecule has 0 fully saturated rings. The predicted octanol–water partition coefficient (Wildman–Crippen LogP) is 7.85. The second-order valence-electron chi connectivity index (χ2n) is 9.67. The molecule has 0 saturated carbocycles. The van der Waals surface area contributed by atoms with Crippen LogP contribution in [0.3, 0.4) is 0 Å². The van der Waals surface area contributed by atoms with Gasteiger partial charge in [-0.05, 0) is 42.0 Å². The SMILES string of the molecule is COCCNCc1ccc(C2Cc3nccc(Oc4ccc(NC(=O)Nc5cc(C(F)(F)F)ccc5F)c(Cl)c4)c3S2)nc1. The van der Waals surface area contributed by atoms with E-state index < -0.39 is 29.3 Å². The van der Waals surface area contributed by atoms with E-state index in [9.17, 15) is 22.4 Å². The number of hydrogen-bond acceptors (Lipinski definition) is 7. The molecule has 8 nitrogen and oxygen atoms in total. The Morgan fingerprint density at radius 1 is 1.07 bits per heavy atom. The first kappa shape index (κ1) is 31.5. The molecule has 1 aliphatic rings. The largest absolute Gasteiger partial charge is 0.456 e. The molecule has 2 amide bonds. The molecule has 5 rings (SSSR count). The first-order valence-corrected chi connectivity index (χ1v) is 14.6. The molecular formula is C30H26ClF4N5O3S. The van der Waals surface area contributed by atoms with E-state index in [1.54, 1.807) is 37.2 Å². The van der Waals surface area contributed by atoms with E-state index >= 15 is 0 Å². The fourth-order valence-corrected chi connectivity index (χ4v) is 5.85. The minimum Gasteiger partial charge on any atom is -0.456 e. The highest BCUT2D eigenvalue weighted by Crippen LogP contribution is 2.50. The Morgan fingerprint density at radius 3 is 2.61 bits per heavy atom. The third-order valence-electron chi connectivity index (χ3n) is 6.53. The van der Waals surface area contributed by atoms with Gasteiger partial charge in [0.25, 0.3) is 0 Å². The van der Waals surface area contributed by atoms with Crippen LogP contribution in [0.15, 0.2) is 71.9 Å². The van der Waals surface area contributed by atoms with Crippen molar-refractivity contribution >= 4 is 40.8 Å². The van der Waals surface area contributed by atoms with Crippen molar-refractivity contribution in [3.05, 3.63) is 100 Å². The Hall–Kier alpha value is -3.91. The number of carbonyl (C=O) groups excluding carboxylic acids is 1. The number of halogens is 5. The lowest BCUT2D eigenvalue weighted by atomic mass is 10.1. The van der Waals surface area contributed by atoms with Gasteiger partial charge in [0.05, 0.1) is 50.1 Å². The molecule has 230 valence electrons. The highest BCUT2D eigenvalue weighted by Gasteiger charge is 2.31. The number of nitrogens with zero attached hydrogens (tertiary/aromatic N) is 2. The van der Waals surface area contributed by atoms with E-state index in [4.69, 9.17) is 21.1 Å². The van der Waals surface area contributed by atoms with Crippen LogP contribution in [0.2, 0.25) is 5.02 Å². The van der Waals surface area contributed by atoms with Crippen LogP contribution in [0.25, 0.3) is 0 Å². The van der Waals surface area contributed by atoms with Crippen LogP contribution in [0.5, 0.6) is 11.5 Å². The Balaban J connectivity index is 1.21. The summed E-state index contributed by atoms with van der Waals surface area (Å²) in [5, 5.41) is 7.94. The van der Waals surface area contributed by atoms with E-state index in [0.29, 0.717) is 49.3 Å². The van der Waals surface area contributed by atoms with E-state index in [2.05, 4.69) is 25.9 Å². The zero-order valence-electron chi connectivity index (χ0n) is 23.2. The Bertz CT molecular complexity index is 1640. The van der Waals surface area contributed by atoms with Gasteiger partial charge in [0.15, 0.2) is 0 Å². The Morgan fingerprint density at radius 2 is 1.89 bits per heavy atom. The molecule has 0 radical (unpaired) electrons. The Labute approximate surface area is 259 Å². The van der Waals surface area contributed by atoms with E-state index in [-0.39, 0.29) is 16.0 Å². The normalized spacial score (nSPS) is 14.3. The zero-order valence-corrected chi connectivity index (χ0v) is 24.7. The van der Waals surface area contributed by atoms with Crippen molar-refractivity contribution in [1.82, 2.24) is 15.3 Å². The average Bonchev–Trinajstić information content (AvgIpc) is 3.43. The van der Waals surface area contributed by atoms with Crippen LogP contribution in [0, 0.1) is 5.82 Å². The molecule has 4 aromatic rings. The van der Waals surface area contributed by atoms with Crippen LogP contribution < -0.4 is 20.7 Å². The molecular weight excluding hydrogens is 622 g/mol. The van der Waals surface area contributed by atoms with Crippen molar-refractivity contribution in [2.45, 2.75) is 29.3 Å². The van der Waals surface area contributed by atoms with Gasteiger partial charge < -0.3 is 25.4 Å². The molecule has 0 bridgehead atoms. The standard InChI is InChI=1S/C30H26ClF4N5O3S/c1-42-11-10-36-15-17-2-6-23(38-16-17)27-14-25-28(44-27)26(8-9-37-25)43-19-4-7-22(20(31)13-19)39-29(41)40-24-12-18(30(33,34)35)3-5-21(24)32/h2-9,12-13,16,27,36H,10-11,14-15H2,1H3,(H2,39,40,41). The van der Waals surface area contributed by atoms with Gasteiger partial charge in [-0.25, -0.2) is 9.18 Å². The number of anilines is 2.